The Kier molecular flexibility index (Phi) is 3.21. The van der Waals surface area contributed by atoms with Crippen molar-refractivity contribution in [2.45, 2.75) is 11.8 Å². The highest BCUT2D eigenvalue weighted by atomic mass is 35.5. The van der Waals surface area contributed by atoms with Crippen molar-refractivity contribution in [3.63, 3.8) is 0 Å². The Hall–Kier alpha value is -1.52. The molecular weight excluding hydrogens is 287 g/mol. The van der Waals surface area contributed by atoms with Crippen LogP contribution in [-0.2, 0) is 4.79 Å². The lowest BCUT2D eigenvalue weighted by Gasteiger charge is -2.09. The molecule has 19 heavy (non-hydrogen) atoms. The first kappa shape index (κ1) is 12.5. The fraction of sp³-hybridized carbons (Fsp3) is 0.231. The molecule has 1 atom stereocenters. The summed E-state index contributed by atoms with van der Waals surface area (Å²) in [6, 6.07) is 8.98. The molecule has 1 unspecified atom stereocenters. The summed E-state index contributed by atoms with van der Waals surface area (Å²) >= 11 is 11.8. The second kappa shape index (κ2) is 4.87. The van der Waals surface area contributed by atoms with Gasteiger partial charge in [0.2, 0.25) is 11.8 Å². The molecule has 1 aliphatic heterocycles. The number of hydrogen-bond donors (Lipinski definition) is 0. The lowest BCUT2D eigenvalue weighted by atomic mass is 10.1. The van der Waals surface area contributed by atoms with Crippen molar-refractivity contribution < 1.29 is 9.32 Å². The number of amides is 1. The Balaban J connectivity index is 1.87. The molecular formula is C13H10Cl2N2O2. The van der Waals surface area contributed by atoms with Crippen molar-refractivity contribution in [3.05, 3.63) is 35.4 Å². The number of alkyl halides is 1. The van der Waals surface area contributed by atoms with Crippen molar-refractivity contribution in [1.29, 1.82) is 0 Å². The third kappa shape index (κ3) is 2.46. The van der Waals surface area contributed by atoms with Gasteiger partial charge in [-0.25, -0.2) is 0 Å². The van der Waals surface area contributed by atoms with Gasteiger partial charge in [0.25, 0.3) is 0 Å². The van der Waals surface area contributed by atoms with E-state index in [9.17, 15) is 4.79 Å². The molecule has 4 nitrogen and oxygen atoms in total. The minimum Gasteiger partial charge on any atom is -0.338 e. The zero-order valence-corrected chi connectivity index (χ0v) is 11.4. The van der Waals surface area contributed by atoms with Crippen LogP contribution in [-0.4, -0.2) is 23.0 Å². The number of hydrogen-bond acceptors (Lipinski definition) is 3. The average molecular weight is 297 g/mol. The topological polar surface area (TPSA) is 46.3 Å². The highest BCUT2D eigenvalue weighted by Crippen LogP contribution is 2.29. The summed E-state index contributed by atoms with van der Waals surface area (Å²) in [6.07, 6.45) is 0.332. The van der Waals surface area contributed by atoms with E-state index in [-0.39, 0.29) is 11.3 Å². The maximum atomic E-state index is 11.7. The van der Waals surface area contributed by atoms with E-state index in [1.165, 1.54) is 4.90 Å². The lowest BCUT2D eigenvalue weighted by Crippen LogP contribution is -2.23. The molecule has 1 aromatic heterocycles. The van der Waals surface area contributed by atoms with Crippen LogP contribution in [0.25, 0.3) is 11.3 Å². The van der Waals surface area contributed by atoms with Crippen LogP contribution in [0, 0.1) is 0 Å². The standard InChI is InChI=1S/C13H10Cl2N2O2/c14-9-3-1-8(2-4-9)11-6-13(19-16-11)17-7-10(15)5-12(17)18/h1-4,6,10H,5,7H2. The molecule has 1 saturated heterocycles. The second-order valence-corrected chi connectivity index (χ2v) is 5.42. The van der Waals surface area contributed by atoms with Gasteiger partial charge in [-0.2, -0.15) is 0 Å². The summed E-state index contributed by atoms with van der Waals surface area (Å²) in [5.74, 6) is 0.386. The van der Waals surface area contributed by atoms with Crippen molar-refractivity contribution >= 4 is 35.0 Å². The van der Waals surface area contributed by atoms with Gasteiger partial charge >= 0.3 is 0 Å². The smallest absolute Gasteiger partial charge is 0.234 e. The summed E-state index contributed by atoms with van der Waals surface area (Å²) in [7, 11) is 0. The van der Waals surface area contributed by atoms with Crippen molar-refractivity contribution in [2.75, 3.05) is 11.4 Å². The van der Waals surface area contributed by atoms with Crippen LogP contribution in [0.3, 0.4) is 0 Å². The molecule has 2 heterocycles. The third-order valence-corrected chi connectivity index (χ3v) is 3.53. The Bertz CT molecular complexity index is 609. The summed E-state index contributed by atoms with van der Waals surface area (Å²) < 4.78 is 5.22. The third-order valence-electron chi connectivity index (χ3n) is 2.98. The first-order chi connectivity index (χ1) is 9.13. The van der Waals surface area contributed by atoms with Crippen LogP contribution in [0.15, 0.2) is 34.9 Å². The molecule has 98 valence electrons. The average Bonchev–Trinajstić information content (AvgIpc) is 2.97. The number of carbonyl (C=O) groups excluding carboxylic acids is 1. The first-order valence-electron chi connectivity index (χ1n) is 5.80. The Morgan fingerprint density at radius 2 is 2.05 bits per heavy atom. The summed E-state index contributed by atoms with van der Waals surface area (Å²) in [5.41, 5.74) is 1.55. The van der Waals surface area contributed by atoms with Gasteiger partial charge in [-0.15, -0.1) is 11.6 Å². The van der Waals surface area contributed by atoms with Gasteiger partial charge in [-0.1, -0.05) is 28.9 Å². The SMILES string of the molecule is O=C1CC(Cl)CN1c1cc(-c2ccc(Cl)cc2)no1. The Labute approximate surface area is 119 Å². The first-order valence-corrected chi connectivity index (χ1v) is 6.62. The number of anilines is 1. The van der Waals surface area contributed by atoms with E-state index in [0.29, 0.717) is 29.6 Å². The predicted molar refractivity (Wildman–Crippen MR) is 73.6 cm³/mol. The Morgan fingerprint density at radius 1 is 1.32 bits per heavy atom. The molecule has 0 aliphatic carbocycles. The molecule has 3 rings (SSSR count). The van der Waals surface area contributed by atoms with Gasteiger partial charge in [-0.3, -0.25) is 9.69 Å². The predicted octanol–water partition coefficient (Wildman–Crippen LogP) is 3.34. The van der Waals surface area contributed by atoms with Crippen LogP contribution in [0.4, 0.5) is 5.88 Å². The van der Waals surface area contributed by atoms with E-state index >= 15 is 0 Å². The number of nitrogens with zero attached hydrogens (tertiary/aromatic N) is 2. The van der Waals surface area contributed by atoms with Gasteiger partial charge in [0, 0.05) is 29.6 Å². The monoisotopic (exact) mass is 296 g/mol. The lowest BCUT2D eigenvalue weighted by molar-refractivity contribution is -0.117. The summed E-state index contributed by atoms with van der Waals surface area (Å²) in [6.45, 7) is 0.454. The molecule has 1 aliphatic rings. The van der Waals surface area contributed by atoms with E-state index in [1.54, 1.807) is 18.2 Å². The molecule has 0 N–H and O–H groups in total. The number of aromatic nitrogens is 1. The Morgan fingerprint density at radius 3 is 2.68 bits per heavy atom. The minimum absolute atomic E-state index is 0.0428. The molecule has 0 bridgehead atoms. The van der Waals surface area contributed by atoms with Crippen LogP contribution >= 0.6 is 23.2 Å². The van der Waals surface area contributed by atoms with Gasteiger partial charge < -0.3 is 4.52 Å². The van der Waals surface area contributed by atoms with E-state index in [0.717, 1.165) is 5.56 Å². The number of carbonyl (C=O) groups is 1. The molecule has 1 amide bonds. The normalized spacial score (nSPS) is 19.2. The molecule has 0 radical (unpaired) electrons. The van der Waals surface area contributed by atoms with Gasteiger partial charge in [0.05, 0.1) is 5.38 Å². The quantitative estimate of drug-likeness (QED) is 0.799. The molecule has 0 spiro atoms. The van der Waals surface area contributed by atoms with Crippen LogP contribution in [0.1, 0.15) is 6.42 Å². The summed E-state index contributed by atoms with van der Waals surface area (Å²) in [5, 5.41) is 4.45. The van der Waals surface area contributed by atoms with Crippen LogP contribution < -0.4 is 4.90 Å². The maximum Gasteiger partial charge on any atom is 0.234 e. The molecule has 1 fully saturated rings. The largest absolute Gasteiger partial charge is 0.338 e. The van der Waals surface area contributed by atoms with Crippen LogP contribution in [0.2, 0.25) is 5.02 Å². The number of benzene rings is 1. The second-order valence-electron chi connectivity index (χ2n) is 4.36. The number of halogens is 2. The zero-order chi connectivity index (χ0) is 13.4. The van der Waals surface area contributed by atoms with E-state index in [1.807, 2.05) is 12.1 Å². The fourth-order valence-electron chi connectivity index (χ4n) is 2.03. The summed E-state index contributed by atoms with van der Waals surface area (Å²) in [4.78, 5) is 13.2. The van der Waals surface area contributed by atoms with Crippen molar-refractivity contribution in [1.82, 2.24) is 5.16 Å². The van der Waals surface area contributed by atoms with E-state index < -0.39 is 0 Å². The highest BCUT2D eigenvalue weighted by molar-refractivity contribution is 6.30. The van der Waals surface area contributed by atoms with E-state index in [2.05, 4.69) is 5.16 Å². The fourth-order valence-corrected chi connectivity index (χ4v) is 2.42. The van der Waals surface area contributed by atoms with Crippen molar-refractivity contribution in [2.24, 2.45) is 0 Å². The van der Waals surface area contributed by atoms with Crippen LogP contribution in [0.5, 0.6) is 0 Å². The molecule has 0 saturated carbocycles. The zero-order valence-electron chi connectivity index (χ0n) is 9.85. The molecule has 1 aromatic carbocycles. The van der Waals surface area contributed by atoms with E-state index in [4.69, 9.17) is 27.7 Å². The van der Waals surface area contributed by atoms with Gasteiger partial charge in [0.15, 0.2) is 0 Å². The molecule has 2 aromatic rings. The van der Waals surface area contributed by atoms with Gasteiger partial charge in [-0.05, 0) is 12.1 Å². The maximum absolute atomic E-state index is 11.7. The van der Waals surface area contributed by atoms with Crippen molar-refractivity contribution in [3.8, 4) is 11.3 Å². The number of rotatable bonds is 2. The molecule has 6 heteroatoms. The highest BCUT2D eigenvalue weighted by Gasteiger charge is 2.31. The van der Waals surface area contributed by atoms with Gasteiger partial charge in [0.1, 0.15) is 5.69 Å². The minimum atomic E-state index is -0.170.